The van der Waals surface area contributed by atoms with Crippen LogP contribution in [0, 0.1) is 0 Å². The lowest BCUT2D eigenvalue weighted by molar-refractivity contribution is 0.687. The molecule has 0 spiro atoms. The summed E-state index contributed by atoms with van der Waals surface area (Å²) in [6.07, 6.45) is 3.44. The Labute approximate surface area is 89.1 Å². The number of hydrogen-bond acceptors (Lipinski definition) is 3. The number of hydrogen-bond donors (Lipinski definition) is 0. The molecule has 14 heavy (non-hydrogen) atoms. The van der Waals surface area contributed by atoms with Crippen LogP contribution in [0.4, 0.5) is 0 Å². The zero-order valence-electron chi connectivity index (χ0n) is 7.64. The highest BCUT2D eigenvalue weighted by Crippen LogP contribution is 2.29. The van der Waals surface area contributed by atoms with Gasteiger partial charge in [0.2, 0.25) is 0 Å². The molecule has 0 fully saturated rings. The Hall–Kier alpha value is -1.00. The maximum Gasteiger partial charge on any atom is 0.0814 e. The second kappa shape index (κ2) is 4.02. The third kappa shape index (κ3) is 1.76. The summed E-state index contributed by atoms with van der Waals surface area (Å²) in [5.41, 5.74) is 0.896. The summed E-state index contributed by atoms with van der Waals surface area (Å²) >= 11 is 1.58. The molecule has 0 radical (unpaired) electrons. The van der Waals surface area contributed by atoms with E-state index in [1.807, 2.05) is 29.6 Å². The summed E-state index contributed by atoms with van der Waals surface area (Å²) in [6, 6.07) is 7.64. The zero-order valence-corrected chi connectivity index (χ0v) is 9.27. The van der Waals surface area contributed by atoms with E-state index < -0.39 is 10.8 Å². The van der Waals surface area contributed by atoms with Crippen molar-refractivity contribution in [3.05, 3.63) is 35.8 Å². The van der Waals surface area contributed by atoms with Gasteiger partial charge < -0.3 is 0 Å². The minimum atomic E-state index is -0.939. The molecule has 0 N–H and O–H groups in total. The van der Waals surface area contributed by atoms with Gasteiger partial charge in [-0.3, -0.25) is 9.19 Å². The molecular weight excluding hydrogens is 214 g/mol. The van der Waals surface area contributed by atoms with Crippen molar-refractivity contribution in [1.29, 1.82) is 0 Å². The lowest BCUT2D eigenvalue weighted by Gasteiger charge is -1.98. The predicted octanol–water partition coefficient (Wildman–Crippen LogP) is 2.55. The van der Waals surface area contributed by atoms with E-state index in [0.29, 0.717) is 0 Å². The van der Waals surface area contributed by atoms with Crippen molar-refractivity contribution >= 4 is 22.1 Å². The molecule has 0 saturated heterocycles. The van der Waals surface area contributed by atoms with E-state index in [0.717, 1.165) is 15.5 Å². The molecule has 0 aliphatic carbocycles. The van der Waals surface area contributed by atoms with Gasteiger partial charge in [-0.1, -0.05) is 6.07 Å². The highest BCUT2D eigenvalue weighted by Gasteiger charge is 2.09. The monoisotopic (exact) mass is 223 g/mol. The molecule has 2 heterocycles. The van der Waals surface area contributed by atoms with E-state index in [9.17, 15) is 4.21 Å². The normalized spacial score (nSPS) is 12.6. The maximum absolute atomic E-state index is 11.4. The lowest BCUT2D eigenvalue weighted by atomic mass is 10.3. The van der Waals surface area contributed by atoms with Gasteiger partial charge in [-0.2, -0.15) is 0 Å². The summed E-state index contributed by atoms with van der Waals surface area (Å²) in [5.74, 6) is 0. The largest absolute Gasteiger partial charge is 0.255 e. The molecule has 0 aromatic carbocycles. The van der Waals surface area contributed by atoms with E-state index in [-0.39, 0.29) is 0 Å². The Balaban J connectivity index is 2.52. The van der Waals surface area contributed by atoms with Crippen molar-refractivity contribution in [2.75, 3.05) is 6.26 Å². The molecule has 2 aromatic heterocycles. The molecule has 0 aliphatic rings. The van der Waals surface area contributed by atoms with Gasteiger partial charge in [-0.15, -0.1) is 11.3 Å². The van der Waals surface area contributed by atoms with Crippen LogP contribution < -0.4 is 0 Å². The fraction of sp³-hybridized carbons (Fsp3) is 0.100. The topological polar surface area (TPSA) is 30.0 Å². The predicted molar refractivity (Wildman–Crippen MR) is 59.9 cm³/mol. The molecule has 1 atom stereocenters. The van der Waals surface area contributed by atoms with Crippen molar-refractivity contribution in [3.63, 3.8) is 0 Å². The molecule has 2 nitrogen and oxygen atoms in total. The van der Waals surface area contributed by atoms with Crippen LogP contribution in [-0.2, 0) is 10.8 Å². The van der Waals surface area contributed by atoms with Crippen LogP contribution in [0.15, 0.2) is 40.7 Å². The van der Waals surface area contributed by atoms with Crippen LogP contribution in [0.1, 0.15) is 0 Å². The Kier molecular flexibility index (Phi) is 2.74. The quantitative estimate of drug-likeness (QED) is 0.783. The van der Waals surface area contributed by atoms with Crippen molar-refractivity contribution in [2.45, 2.75) is 4.90 Å². The number of thiophene rings is 1. The Morgan fingerprint density at radius 1 is 1.36 bits per heavy atom. The first kappa shape index (κ1) is 9.55. The first-order chi connectivity index (χ1) is 6.79. The molecule has 2 rings (SSSR count). The maximum atomic E-state index is 11.4. The van der Waals surface area contributed by atoms with Crippen LogP contribution >= 0.6 is 11.3 Å². The Morgan fingerprint density at radius 2 is 2.21 bits per heavy atom. The number of rotatable bonds is 2. The van der Waals surface area contributed by atoms with Crippen molar-refractivity contribution < 1.29 is 4.21 Å². The third-order valence-corrected chi connectivity index (χ3v) is 3.86. The number of pyridine rings is 1. The van der Waals surface area contributed by atoms with Gasteiger partial charge in [0.15, 0.2) is 0 Å². The second-order valence-electron chi connectivity index (χ2n) is 2.78. The van der Waals surface area contributed by atoms with E-state index in [1.165, 1.54) is 0 Å². The van der Waals surface area contributed by atoms with Gasteiger partial charge in [0.05, 0.1) is 26.3 Å². The molecule has 4 heteroatoms. The molecule has 72 valence electrons. The van der Waals surface area contributed by atoms with Crippen molar-refractivity contribution in [3.8, 4) is 10.6 Å². The summed E-state index contributed by atoms with van der Waals surface area (Å²) in [5, 5.41) is 1.95. The molecule has 1 unspecified atom stereocenters. The fourth-order valence-electron chi connectivity index (χ4n) is 1.21. The molecular formula is C10H9NOS2. The number of aromatic nitrogens is 1. The van der Waals surface area contributed by atoms with Crippen molar-refractivity contribution in [1.82, 2.24) is 4.98 Å². The first-order valence-electron chi connectivity index (χ1n) is 4.11. The minimum Gasteiger partial charge on any atom is -0.255 e. The molecule has 0 saturated carbocycles. The van der Waals surface area contributed by atoms with E-state index in [1.54, 1.807) is 23.8 Å². The standard InChI is InChI=1S/C10H9NOS2/c1-14(12)9-5-7-13-10(9)8-4-2-3-6-11-8/h2-7H,1H3. The van der Waals surface area contributed by atoms with Crippen LogP contribution in [-0.4, -0.2) is 15.4 Å². The molecule has 0 aliphatic heterocycles. The van der Waals surface area contributed by atoms with Gasteiger partial charge in [-0.05, 0) is 23.6 Å². The highest BCUT2D eigenvalue weighted by atomic mass is 32.2. The van der Waals surface area contributed by atoms with Gasteiger partial charge in [-0.25, -0.2) is 0 Å². The lowest BCUT2D eigenvalue weighted by Crippen LogP contribution is -1.88. The zero-order chi connectivity index (χ0) is 9.97. The summed E-state index contributed by atoms with van der Waals surface area (Å²) in [6.45, 7) is 0. The van der Waals surface area contributed by atoms with E-state index in [2.05, 4.69) is 4.98 Å². The average molecular weight is 223 g/mol. The average Bonchev–Trinajstić information content (AvgIpc) is 2.67. The summed E-state index contributed by atoms with van der Waals surface area (Å²) < 4.78 is 11.4. The van der Waals surface area contributed by atoms with Gasteiger partial charge >= 0.3 is 0 Å². The van der Waals surface area contributed by atoms with Gasteiger partial charge in [0.1, 0.15) is 0 Å². The van der Waals surface area contributed by atoms with Gasteiger partial charge in [0.25, 0.3) is 0 Å². The van der Waals surface area contributed by atoms with Crippen LogP contribution in [0.5, 0.6) is 0 Å². The van der Waals surface area contributed by atoms with E-state index in [4.69, 9.17) is 0 Å². The second-order valence-corrected chi connectivity index (χ2v) is 5.05. The molecule has 0 bridgehead atoms. The minimum absolute atomic E-state index is 0.869. The third-order valence-electron chi connectivity index (χ3n) is 1.84. The smallest absolute Gasteiger partial charge is 0.0814 e. The molecule has 0 amide bonds. The van der Waals surface area contributed by atoms with Gasteiger partial charge in [0, 0.05) is 12.5 Å². The molecule has 2 aromatic rings. The highest BCUT2D eigenvalue weighted by molar-refractivity contribution is 7.84. The summed E-state index contributed by atoms with van der Waals surface area (Å²) in [4.78, 5) is 6.12. The Morgan fingerprint density at radius 3 is 2.86 bits per heavy atom. The first-order valence-corrected chi connectivity index (χ1v) is 6.55. The van der Waals surface area contributed by atoms with Crippen LogP contribution in [0.25, 0.3) is 10.6 Å². The van der Waals surface area contributed by atoms with Crippen LogP contribution in [0.3, 0.4) is 0 Å². The number of nitrogens with zero attached hydrogens (tertiary/aromatic N) is 1. The fourth-order valence-corrected chi connectivity index (χ4v) is 3.18. The Bertz CT molecular complexity index is 450. The van der Waals surface area contributed by atoms with Crippen LogP contribution in [0.2, 0.25) is 0 Å². The summed E-state index contributed by atoms with van der Waals surface area (Å²) in [7, 11) is -0.939. The van der Waals surface area contributed by atoms with E-state index >= 15 is 0 Å². The van der Waals surface area contributed by atoms with Crippen molar-refractivity contribution in [2.24, 2.45) is 0 Å². The SMILES string of the molecule is CS(=O)c1ccsc1-c1ccccn1.